The molecule has 4 nitrogen and oxygen atoms in total. The van der Waals surface area contributed by atoms with Gasteiger partial charge in [-0.25, -0.2) is 0 Å². The van der Waals surface area contributed by atoms with Gasteiger partial charge in [0.2, 0.25) is 0 Å². The molecule has 0 heterocycles. The van der Waals surface area contributed by atoms with Gasteiger partial charge in [0.1, 0.15) is 5.75 Å². The summed E-state index contributed by atoms with van der Waals surface area (Å²) in [6.45, 7) is 0.648. The average Bonchev–Trinajstić information content (AvgIpc) is 2.26. The number of para-hydroxylation sites is 1. The fraction of sp³-hybridized carbons (Fsp3) is 0.364. The lowest BCUT2D eigenvalue weighted by molar-refractivity contribution is 0.0984. The quantitative estimate of drug-likeness (QED) is 0.561. The molecule has 0 fully saturated rings. The van der Waals surface area contributed by atoms with Crippen molar-refractivity contribution in [3.05, 3.63) is 23.8 Å². The van der Waals surface area contributed by atoms with Crippen LogP contribution in [0.25, 0.3) is 0 Å². The summed E-state index contributed by atoms with van der Waals surface area (Å²) in [5.41, 5.74) is 6.75. The highest BCUT2D eigenvalue weighted by Crippen LogP contribution is 2.25. The Bertz CT molecular complexity index is 350. The van der Waals surface area contributed by atoms with Crippen molar-refractivity contribution >= 4 is 11.5 Å². The molecule has 0 aliphatic heterocycles. The van der Waals surface area contributed by atoms with Gasteiger partial charge < -0.3 is 15.8 Å². The molecular formula is C11H16N2O2. The molecule has 4 heteroatoms. The minimum absolute atomic E-state index is 0.0285. The lowest BCUT2D eigenvalue weighted by Gasteiger charge is -2.08. The Labute approximate surface area is 89.4 Å². The van der Waals surface area contributed by atoms with Crippen LogP contribution in [0.4, 0.5) is 5.69 Å². The standard InChI is InChI=1S/C11H16N2O2/c1-13-7-6-9(14)8-4-3-5-10(15-2)11(8)12/h3-5,13H,6-7,12H2,1-2H3. The van der Waals surface area contributed by atoms with Crippen molar-refractivity contribution in [2.24, 2.45) is 0 Å². The molecule has 0 atom stereocenters. The SMILES string of the molecule is CNCCC(=O)c1cccc(OC)c1N. The summed E-state index contributed by atoms with van der Waals surface area (Å²) in [5.74, 6) is 0.575. The third kappa shape index (κ3) is 2.70. The molecule has 0 aliphatic carbocycles. The minimum Gasteiger partial charge on any atom is -0.495 e. The van der Waals surface area contributed by atoms with E-state index in [1.807, 2.05) is 7.05 Å². The number of rotatable bonds is 5. The van der Waals surface area contributed by atoms with E-state index in [0.717, 1.165) is 0 Å². The number of carbonyl (C=O) groups is 1. The summed E-state index contributed by atoms with van der Waals surface area (Å²) >= 11 is 0. The number of methoxy groups -OCH3 is 1. The Hall–Kier alpha value is -1.55. The highest BCUT2D eigenvalue weighted by atomic mass is 16.5. The summed E-state index contributed by atoms with van der Waals surface area (Å²) in [7, 11) is 3.34. The zero-order valence-corrected chi connectivity index (χ0v) is 9.04. The van der Waals surface area contributed by atoms with Crippen LogP contribution in [0.2, 0.25) is 0 Å². The first-order valence-electron chi connectivity index (χ1n) is 4.81. The van der Waals surface area contributed by atoms with Crippen LogP contribution in [0.1, 0.15) is 16.8 Å². The molecular weight excluding hydrogens is 192 g/mol. The van der Waals surface area contributed by atoms with Gasteiger partial charge in [0, 0.05) is 18.5 Å². The third-order valence-corrected chi connectivity index (χ3v) is 2.19. The van der Waals surface area contributed by atoms with E-state index in [1.54, 1.807) is 18.2 Å². The number of benzene rings is 1. The molecule has 0 spiro atoms. The fourth-order valence-corrected chi connectivity index (χ4v) is 1.34. The van der Waals surface area contributed by atoms with Crippen LogP contribution in [0, 0.1) is 0 Å². The zero-order valence-electron chi connectivity index (χ0n) is 9.04. The first-order chi connectivity index (χ1) is 7.20. The molecule has 0 bridgehead atoms. The van der Waals surface area contributed by atoms with Crippen LogP contribution in [0.5, 0.6) is 5.75 Å². The Morgan fingerprint density at radius 3 is 2.87 bits per heavy atom. The van der Waals surface area contributed by atoms with Gasteiger partial charge in [-0.1, -0.05) is 6.07 Å². The molecule has 1 rings (SSSR count). The zero-order chi connectivity index (χ0) is 11.3. The lowest BCUT2D eigenvalue weighted by atomic mass is 10.1. The van der Waals surface area contributed by atoms with Gasteiger partial charge in [-0.15, -0.1) is 0 Å². The number of nitrogens with two attached hydrogens (primary N) is 1. The van der Waals surface area contributed by atoms with Crippen molar-refractivity contribution < 1.29 is 9.53 Å². The van der Waals surface area contributed by atoms with Crippen molar-refractivity contribution in [3.63, 3.8) is 0 Å². The third-order valence-electron chi connectivity index (χ3n) is 2.19. The van der Waals surface area contributed by atoms with Gasteiger partial charge >= 0.3 is 0 Å². The van der Waals surface area contributed by atoms with E-state index >= 15 is 0 Å². The Balaban J connectivity index is 2.89. The van der Waals surface area contributed by atoms with Crippen LogP contribution in [0.3, 0.4) is 0 Å². The molecule has 0 amide bonds. The van der Waals surface area contributed by atoms with Crippen molar-refractivity contribution in [3.8, 4) is 5.75 Å². The molecule has 0 aliphatic rings. The minimum atomic E-state index is 0.0285. The smallest absolute Gasteiger partial charge is 0.166 e. The number of nitrogens with one attached hydrogen (secondary N) is 1. The van der Waals surface area contributed by atoms with E-state index in [4.69, 9.17) is 10.5 Å². The van der Waals surface area contributed by atoms with Gasteiger partial charge in [0.15, 0.2) is 5.78 Å². The Kier molecular flexibility index (Phi) is 4.12. The highest BCUT2D eigenvalue weighted by Gasteiger charge is 2.11. The maximum atomic E-state index is 11.7. The number of ether oxygens (including phenoxy) is 1. The molecule has 0 aromatic heterocycles. The van der Waals surface area contributed by atoms with E-state index in [9.17, 15) is 4.79 Å². The summed E-state index contributed by atoms with van der Waals surface area (Å²) in [6.07, 6.45) is 0.438. The summed E-state index contributed by atoms with van der Waals surface area (Å²) in [4.78, 5) is 11.7. The second kappa shape index (κ2) is 5.36. The number of hydrogen-bond acceptors (Lipinski definition) is 4. The van der Waals surface area contributed by atoms with Crippen LogP contribution >= 0.6 is 0 Å². The van der Waals surface area contributed by atoms with E-state index in [-0.39, 0.29) is 5.78 Å². The van der Waals surface area contributed by atoms with Crippen molar-refractivity contribution in [2.75, 3.05) is 26.4 Å². The van der Waals surface area contributed by atoms with Crippen molar-refractivity contribution in [2.45, 2.75) is 6.42 Å². The number of Topliss-reactive ketones (excluding diaryl/α,β-unsaturated/α-hetero) is 1. The highest BCUT2D eigenvalue weighted by molar-refractivity contribution is 6.01. The number of carbonyl (C=O) groups excluding carboxylic acids is 1. The maximum absolute atomic E-state index is 11.7. The molecule has 1 aromatic rings. The first-order valence-corrected chi connectivity index (χ1v) is 4.81. The molecule has 0 unspecified atom stereocenters. The maximum Gasteiger partial charge on any atom is 0.166 e. The summed E-state index contributed by atoms with van der Waals surface area (Å²) < 4.78 is 5.05. The van der Waals surface area contributed by atoms with Crippen LogP contribution < -0.4 is 15.8 Å². The molecule has 0 radical (unpaired) electrons. The van der Waals surface area contributed by atoms with Crippen LogP contribution in [0.15, 0.2) is 18.2 Å². The number of hydrogen-bond donors (Lipinski definition) is 2. The van der Waals surface area contributed by atoms with Crippen LogP contribution in [-0.4, -0.2) is 26.5 Å². The summed E-state index contributed by atoms with van der Waals surface area (Å²) in [6, 6.07) is 5.22. The van der Waals surface area contributed by atoms with Crippen molar-refractivity contribution in [1.82, 2.24) is 5.32 Å². The topological polar surface area (TPSA) is 64.3 Å². The normalized spacial score (nSPS) is 10.0. The van der Waals surface area contributed by atoms with Gasteiger partial charge in [0.05, 0.1) is 12.8 Å². The van der Waals surface area contributed by atoms with Crippen molar-refractivity contribution in [1.29, 1.82) is 0 Å². The number of anilines is 1. The predicted octanol–water partition coefficient (Wildman–Crippen LogP) is 1.07. The van der Waals surface area contributed by atoms with Gasteiger partial charge in [-0.3, -0.25) is 4.79 Å². The van der Waals surface area contributed by atoms with Gasteiger partial charge in [-0.05, 0) is 19.2 Å². The second-order valence-electron chi connectivity index (χ2n) is 3.20. The van der Waals surface area contributed by atoms with E-state index in [0.29, 0.717) is 30.0 Å². The first kappa shape index (κ1) is 11.5. The number of ketones is 1. The Morgan fingerprint density at radius 2 is 2.27 bits per heavy atom. The molecule has 1 aromatic carbocycles. The molecule has 0 saturated carbocycles. The van der Waals surface area contributed by atoms with E-state index < -0.39 is 0 Å². The van der Waals surface area contributed by atoms with E-state index in [1.165, 1.54) is 7.11 Å². The van der Waals surface area contributed by atoms with Gasteiger partial charge in [0.25, 0.3) is 0 Å². The molecule has 3 N–H and O–H groups in total. The lowest BCUT2D eigenvalue weighted by Crippen LogP contribution is -2.14. The summed E-state index contributed by atoms with van der Waals surface area (Å²) in [5, 5.41) is 2.92. The fourth-order valence-electron chi connectivity index (χ4n) is 1.34. The largest absolute Gasteiger partial charge is 0.495 e. The monoisotopic (exact) mass is 208 g/mol. The second-order valence-corrected chi connectivity index (χ2v) is 3.20. The van der Waals surface area contributed by atoms with E-state index in [2.05, 4.69) is 5.32 Å². The van der Waals surface area contributed by atoms with Crippen LogP contribution in [-0.2, 0) is 0 Å². The predicted molar refractivity (Wildman–Crippen MR) is 60.3 cm³/mol. The van der Waals surface area contributed by atoms with Gasteiger partial charge in [-0.2, -0.15) is 0 Å². The average molecular weight is 208 g/mol. The Morgan fingerprint density at radius 1 is 1.53 bits per heavy atom. The molecule has 15 heavy (non-hydrogen) atoms. The molecule has 0 saturated heterocycles. The molecule has 82 valence electrons. The number of nitrogen functional groups attached to an aromatic ring is 1.